The molecule has 1 heterocycles. The van der Waals surface area contributed by atoms with Gasteiger partial charge >= 0.3 is 6.09 Å². The van der Waals surface area contributed by atoms with Crippen LogP contribution in [-0.2, 0) is 4.74 Å². The highest BCUT2D eigenvalue weighted by Crippen LogP contribution is 2.23. The van der Waals surface area contributed by atoms with Crippen LogP contribution in [-0.4, -0.2) is 24.1 Å². The maximum Gasteiger partial charge on any atom is 0.411 e. The molecule has 0 bridgehead atoms. The first-order chi connectivity index (χ1) is 12.9. The van der Waals surface area contributed by atoms with Gasteiger partial charge in [-0.15, -0.1) is 0 Å². The molecule has 0 spiro atoms. The number of benzene rings is 1. The van der Waals surface area contributed by atoms with Crippen LogP contribution in [0.25, 0.3) is 0 Å². The van der Waals surface area contributed by atoms with Crippen molar-refractivity contribution in [1.82, 2.24) is 5.32 Å². The van der Waals surface area contributed by atoms with Crippen LogP contribution in [0.15, 0.2) is 34.7 Å². The topological polar surface area (TPSA) is 80.6 Å². The Morgan fingerprint density at radius 1 is 1.19 bits per heavy atom. The van der Waals surface area contributed by atoms with E-state index in [1.54, 1.807) is 19.9 Å². The van der Waals surface area contributed by atoms with E-state index in [0.29, 0.717) is 29.2 Å². The number of furan rings is 1. The third-order valence-corrected chi connectivity index (χ3v) is 4.61. The summed E-state index contributed by atoms with van der Waals surface area (Å²) in [5, 5.41) is 5.58. The molecule has 1 aliphatic rings. The molecule has 1 fully saturated rings. The molecule has 2 N–H and O–H groups in total. The van der Waals surface area contributed by atoms with Gasteiger partial charge in [-0.25, -0.2) is 9.18 Å². The van der Waals surface area contributed by atoms with E-state index in [-0.39, 0.29) is 23.9 Å². The Morgan fingerprint density at radius 3 is 2.59 bits per heavy atom. The molecule has 144 valence electrons. The molecular formula is C20H23FN2O4. The molecule has 0 aliphatic heterocycles. The van der Waals surface area contributed by atoms with Crippen LogP contribution in [0.5, 0.6) is 0 Å². The Kier molecular flexibility index (Phi) is 5.78. The fourth-order valence-electron chi connectivity index (χ4n) is 3.33. The van der Waals surface area contributed by atoms with E-state index in [2.05, 4.69) is 10.6 Å². The van der Waals surface area contributed by atoms with E-state index in [0.717, 1.165) is 19.3 Å². The molecule has 3 rings (SSSR count). The Hall–Kier alpha value is -2.83. The Balaban J connectivity index is 1.51. The lowest BCUT2D eigenvalue weighted by atomic mass is 9.92. The second-order valence-electron chi connectivity index (χ2n) is 6.82. The molecule has 0 radical (unpaired) electrons. The van der Waals surface area contributed by atoms with Crippen molar-refractivity contribution in [2.45, 2.75) is 51.7 Å². The second kappa shape index (κ2) is 8.24. The van der Waals surface area contributed by atoms with Crippen molar-refractivity contribution in [2.75, 3.05) is 5.32 Å². The van der Waals surface area contributed by atoms with Crippen molar-refractivity contribution in [3.8, 4) is 0 Å². The number of hydrogen-bond acceptors (Lipinski definition) is 4. The van der Waals surface area contributed by atoms with Gasteiger partial charge < -0.3 is 14.5 Å². The molecule has 27 heavy (non-hydrogen) atoms. The maximum absolute atomic E-state index is 12.9. The van der Waals surface area contributed by atoms with E-state index in [4.69, 9.17) is 9.15 Å². The monoisotopic (exact) mass is 374 g/mol. The highest BCUT2D eigenvalue weighted by atomic mass is 19.1. The molecule has 1 aromatic carbocycles. The van der Waals surface area contributed by atoms with Gasteiger partial charge in [0.1, 0.15) is 23.4 Å². The van der Waals surface area contributed by atoms with Crippen LogP contribution in [0.1, 0.15) is 47.6 Å². The molecule has 2 aromatic rings. The first-order valence-corrected chi connectivity index (χ1v) is 9.02. The summed E-state index contributed by atoms with van der Waals surface area (Å²) in [5.74, 6) is 0.737. The third-order valence-electron chi connectivity index (χ3n) is 4.61. The van der Waals surface area contributed by atoms with E-state index >= 15 is 0 Å². The van der Waals surface area contributed by atoms with Gasteiger partial charge in [-0.3, -0.25) is 10.1 Å². The van der Waals surface area contributed by atoms with Gasteiger partial charge in [0.15, 0.2) is 0 Å². The third kappa shape index (κ3) is 5.09. The number of carbonyl (C=O) groups excluding carboxylic acids is 2. The van der Waals surface area contributed by atoms with Crippen molar-refractivity contribution >= 4 is 17.7 Å². The summed E-state index contributed by atoms with van der Waals surface area (Å²) in [4.78, 5) is 24.5. The molecule has 0 saturated heterocycles. The SMILES string of the molecule is Cc1cc(C(=O)NC2CCCC(OC(=O)Nc3ccc(F)cc3)C2)c(C)o1. The van der Waals surface area contributed by atoms with Gasteiger partial charge in [-0.1, -0.05) is 0 Å². The van der Waals surface area contributed by atoms with Crippen molar-refractivity contribution in [2.24, 2.45) is 0 Å². The molecule has 2 amide bonds. The summed E-state index contributed by atoms with van der Waals surface area (Å²) in [7, 11) is 0. The average molecular weight is 374 g/mol. The second-order valence-corrected chi connectivity index (χ2v) is 6.82. The molecule has 6 nitrogen and oxygen atoms in total. The lowest BCUT2D eigenvalue weighted by Gasteiger charge is -2.29. The molecule has 1 aliphatic carbocycles. The highest BCUT2D eigenvalue weighted by molar-refractivity contribution is 5.95. The number of anilines is 1. The first kappa shape index (κ1) is 18.9. The first-order valence-electron chi connectivity index (χ1n) is 9.02. The van der Waals surface area contributed by atoms with Crippen LogP contribution in [0, 0.1) is 19.7 Å². The number of rotatable bonds is 4. The Bertz CT molecular complexity index is 816. The average Bonchev–Trinajstić information content (AvgIpc) is 2.95. The summed E-state index contributed by atoms with van der Waals surface area (Å²) in [5.41, 5.74) is 0.998. The van der Waals surface area contributed by atoms with Gasteiger partial charge in [0.05, 0.1) is 5.56 Å². The summed E-state index contributed by atoms with van der Waals surface area (Å²) >= 11 is 0. The zero-order valence-electron chi connectivity index (χ0n) is 15.4. The minimum atomic E-state index is -0.583. The Labute approximate surface area is 157 Å². The number of amides is 2. The van der Waals surface area contributed by atoms with Crippen molar-refractivity contribution in [3.05, 3.63) is 53.2 Å². The molecule has 7 heteroatoms. The zero-order valence-corrected chi connectivity index (χ0v) is 15.4. The summed E-state index contributed by atoms with van der Waals surface area (Å²) in [6.45, 7) is 3.56. The molecule has 2 unspecified atom stereocenters. The number of nitrogens with one attached hydrogen (secondary N) is 2. The van der Waals surface area contributed by atoms with Crippen LogP contribution in [0.3, 0.4) is 0 Å². The smallest absolute Gasteiger partial charge is 0.411 e. The van der Waals surface area contributed by atoms with E-state index in [1.165, 1.54) is 24.3 Å². The predicted octanol–water partition coefficient (Wildman–Crippen LogP) is 4.33. The number of carbonyl (C=O) groups is 2. The van der Waals surface area contributed by atoms with Gasteiger partial charge in [-0.05, 0) is 63.4 Å². The fraction of sp³-hybridized carbons (Fsp3) is 0.400. The Morgan fingerprint density at radius 2 is 1.93 bits per heavy atom. The standard InChI is InChI=1S/C20H23FN2O4/c1-12-10-18(13(2)26-12)19(24)22-16-4-3-5-17(11-16)27-20(25)23-15-8-6-14(21)7-9-15/h6-10,16-17H,3-5,11H2,1-2H3,(H,22,24)(H,23,25). The fourth-order valence-corrected chi connectivity index (χ4v) is 3.33. The molecule has 1 aromatic heterocycles. The summed E-state index contributed by atoms with van der Waals surface area (Å²) in [6.07, 6.45) is 2.12. The summed E-state index contributed by atoms with van der Waals surface area (Å²) in [6, 6.07) is 7.12. The van der Waals surface area contributed by atoms with E-state index < -0.39 is 6.09 Å². The zero-order chi connectivity index (χ0) is 19.4. The molecule has 2 atom stereocenters. The number of ether oxygens (including phenoxy) is 1. The van der Waals surface area contributed by atoms with Gasteiger partial charge in [-0.2, -0.15) is 0 Å². The van der Waals surface area contributed by atoms with Crippen molar-refractivity contribution in [3.63, 3.8) is 0 Å². The molecule has 1 saturated carbocycles. The summed E-state index contributed by atoms with van der Waals surface area (Å²) < 4.78 is 23.8. The van der Waals surface area contributed by atoms with Gasteiger partial charge in [0.2, 0.25) is 0 Å². The quantitative estimate of drug-likeness (QED) is 0.835. The minimum absolute atomic E-state index is 0.0653. The van der Waals surface area contributed by atoms with Crippen molar-refractivity contribution < 1.29 is 23.1 Å². The highest BCUT2D eigenvalue weighted by Gasteiger charge is 2.27. The van der Waals surface area contributed by atoms with Crippen LogP contribution >= 0.6 is 0 Å². The lowest BCUT2D eigenvalue weighted by molar-refractivity contribution is 0.0712. The lowest BCUT2D eigenvalue weighted by Crippen LogP contribution is -2.41. The number of hydrogen-bond donors (Lipinski definition) is 2. The maximum atomic E-state index is 12.9. The largest absolute Gasteiger partial charge is 0.466 e. The normalized spacial score (nSPS) is 19.4. The predicted molar refractivity (Wildman–Crippen MR) is 98.2 cm³/mol. The van der Waals surface area contributed by atoms with Gasteiger partial charge in [0.25, 0.3) is 5.91 Å². The van der Waals surface area contributed by atoms with E-state index in [9.17, 15) is 14.0 Å². The van der Waals surface area contributed by atoms with Crippen LogP contribution in [0.2, 0.25) is 0 Å². The number of halogens is 1. The van der Waals surface area contributed by atoms with Crippen molar-refractivity contribution in [1.29, 1.82) is 0 Å². The minimum Gasteiger partial charge on any atom is -0.466 e. The molecular weight excluding hydrogens is 351 g/mol. The van der Waals surface area contributed by atoms with Crippen LogP contribution < -0.4 is 10.6 Å². The van der Waals surface area contributed by atoms with E-state index in [1.807, 2.05) is 0 Å². The number of aryl methyl sites for hydroxylation is 2. The van der Waals surface area contributed by atoms with Gasteiger partial charge in [0, 0.05) is 18.2 Å². The van der Waals surface area contributed by atoms with Crippen LogP contribution in [0.4, 0.5) is 14.9 Å².